The van der Waals surface area contributed by atoms with Gasteiger partial charge < -0.3 is 9.84 Å². The smallest absolute Gasteiger partial charge is 0.338 e. The molecule has 7 heteroatoms. The molecule has 1 atom stereocenters. The number of carbonyl (C=O) groups excluding carboxylic acids is 3. The first-order valence-electron chi connectivity index (χ1n) is 11.9. The number of ether oxygens (including phenoxy) is 1. The van der Waals surface area contributed by atoms with E-state index in [0.29, 0.717) is 22.5 Å². The average molecular weight is 493 g/mol. The maximum atomic E-state index is 13.4. The highest BCUT2D eigenvalue weighted by molar-refractivity contribution is 6.51. The molecule has 1 saturated heterocycles. The van der Waals surface area contributed by atoms with E-state index in [2.05, 4.69) is 4.98 Å². The number of ketones is 1. The van der Waals surface area contributed by atoms with Crippen molar-refractivity contribution in [2.75, 3.05) is 4.90 Å². The number of aliphatic hydroxyl groups is 1. The Hall–Kier alpha value is -4.78. The van der Waals surface area contributed by atoms with Crippen molar-refractivity contribution in [1.82, 2.24) is 4.98 Å². The lowest BCUT2D eigenvalue weighted by molar-refractivity contribution is -0.132. The molecule has 1 aromatic heterocycles. The summed E-state index contributed by atoms with van der Waals surface area (Å²) in [5, 5.41) is 13.1. The second-order valence-electron chi connectivity index (χ2n) is 8.95. The summed E-state index contributed by atoms with van der Waals surface area (Å²) in [6.45, 7) is 3.52. The van der Waals surface area contributed by atoms with Gasteiger partial charge in [-0.15, -0.1) is 0 Å². The zero-order chi connectivity index (χ0) is 26.1. The van der Waals surface area contributed by atoms with Gasteiger partial charge in [-0.3, -0.25) is 19.5 Å². The molecule has 4 aromatic rings. The summed E-state index contributed by atoms with van der Waals surface area (Å²) >= 11 is 0. The predicted octanol–water partition coefficient (Wildman–Crippen LogP) is 5.43. The van der Waals surface area contributed by atoms with Gasteiger partial charge in [0.05, 0.1) is 22.9 Å². The Balaban J connectivity index is 1.66. The van der Waals surface area contributed by atoms with Gasteiger partial charge >= 0.3 is 5.97 Å². The molecule has 1 aliphatic rings. The first kappa shape index (κ1) is 23.9. The van der Waals surface area contributed by atoms with Crippen LogP contribution in [-0.2, 0) is 14.3 Å². The summed E-state index contributed by atoms with van der Waals surface area (Å²) in [6.07, 6.45) is 1.29. The third-order valence-corrected chi connectivity index (χ3v) is 6.18. The molecule has 1 unspecified atom stereocenters. The van der Waals surface area contributed by atoms with Gasteiger partial charge in [-0.05, 0) is 61.0 Å². The van der Waals surface area contributed by atoms with Crippen LogP contribution in [0.3, 0.4) is 0 Å². The van der Waals surface area contributed by atoms with Crippen LogP contribution in [0.4, 0.5) is 5.69 Å². The highest BCUT2D eigenvalue weighted by atomic mass is 16.5. The van der Waals surface area contributed by atoms with Crippen molar-refractivity contribution in [3.8, 4) is 0 Å². The zero-order valence-corrected chi connectivity index (χ0v) is 20.3. The molecule has 0 radical (unpaired) electrons. The lowest BCUT2D eigenvalue weighted by atomic mass is 9.95. The molecule has 2 heterocycles. The van der Waals surface area contributed by atoms with Crippen LogP contribution in [0, 0.1) is 0 Å². The number of anilines is 1. The number of fused-ring (bicyclic) bond motifs is 1. The van der Waals surface area contributed by atoms with E-state index in [1.165, 1.54) is 4.90 Å². The van der Waals surface area contributed by atoms with Crippen LogP contribution in [-0.4, -0.2) is 33.9 Å². The van der Waals surface area contributed by atoms with Crippen LogP contribution >= 0.6 is 0 Å². The number of pyridine rings is 1. The van der Waals surface area contributed by atoms with Crippen molar-refractivity contribution in [2.24, 2.45) is 0 Å². The molecule has 1 aliphatic heterocycles. The van der Waals surface area contributed by atoms with Gasteiger partial charge in [0.1, 0.15) is 11.8 Å². The Bertz CT molecular complexity index is 1540. The third-order valence-electron chi connectivity index (χ3n) is 6.18. The number of aromatic nitrogens is 1. The number of amides is 1. The molecule has 0 saturated carbocycles. The number of hydrogen-bond donors (Lipinski definition) is 1. The number of carbonyl (C=O) groups is 3. The second-order valence-corrected chi connectivity index (χ2v) is 8.95. The fraction of sp³-hybridized carbons (Fsp3) is 0.133. The fourth-order valence-electron chi connectivity index (χ4n) is 4.53. The summed E-state index contributed by atoms with van der Waals surface area (Å²) < 4.78 is 5.24. The molecule has 0 aliphatic carbocycles. The lowest BCUT2D eigenvalue weighted by Crippen LogP contribution is -2.29. The molecule has 0 bridgehead atoms. The van der Waals surface area contributed by atoms with Gasteiger partial charge in [0.25, 0.3) is 11.7 Å². The normalized spacial score (nSPS) is 16.9. The van der Waals surface area contributed by atoms with Gasteiger partial charge in [0.15, 0.2) is 0 Å². The highest BCUT2D eigenvalue weighted by Gasteiger charge is 2.47. The largest absolute Gasteiger partial charge is 0.507 e. The summed E-state index contributed by atoms with van der Waals surface area (Å²) in [5.41, 5.74) is 1.52. The summed E-state index contributed by atoms with van der Waals surface area (Å²) in [7, 11) is 0. The van der Waals surface area contributed by atoms with Crippen molar-refractivity contribution in [1.29, 1.82) is 0 Å². The quantitative estimate of drug-likeness (QED) is 0.173. The maximum Gasteiger partial charge on any atom is 0.338 e. The number of esters is 1. The van der Waals surface area contributed by atoms with Crippen LogP contribution in [0.1, 0.15) is 41.5 Å². The first-order valence-corrected chi connectivity index (χ1v) is 11.9. The predicted molar refractivity (Wildman–Crippen MR) is 140 cm³/mol. The van der Waals surface area contributed by atoms with Crippen LogP contribution in [0.15, 0.2) is 96.7 Å². The van der Waals surface area contributed by atoms with Crippen LogP contribution in [0.2, 0.25) is 0 Å². The van der Waals surface area contributed by atoms with Crippen molar-refractivity contribution in [3.63, 3.8) is 0 Å². The molecule has 5 rings (SSSR count). The Morgan fingerprint density at radius 1 is 0.919 bits per heavy atom. The van der Waals surface area contributed by atoms with Crippen molar-refractivity contribution < 1.29 is 24.2 Å². The van der Waals surface area contributed by atoms with Crippen LogP contribution in [0.5, 0.6) is 0 Å². The molecule has 3 aromatic carbocycles. The average Bonchev–Trinajstić information content (AvgIpc) is 3.18. The molecular weight excluding hydrogens is 468 g/mol. The number of aliphatic hydroxyl groups excluding tert-OH is 1. The van der Waals surface area contributed by atoms with E-state index < -0.39 is 23.7 Å². The number of Topliss-reactive ketones (excluding diaryl/α,β-unsaturated/α-hetero) is 1. The van der Waals surface area contributed by atoms with Gasteiger partial charge in [-0.1, -0.05) is 48.5 Å². The van der Waals surface area contributed by atoms with Gasteiger partial charge in [-0.2, -0.15) is 0 Å². The topological polar surface area (TPSA) is 96.8 Å². The Labute approximate surface area is 213 Å². The third kappa shape index (κ3) is 4.36. The number of rotatable bonds is 5. The van der Waals surface area contributed by atoms with E-state index in [1.807, 2.05) is 30.3 Å². The number of benzene rings is 3. The minimum absolute atomic E-state index is 0.0525. The SMILES string of the molecule is CC(C)OC(=O)c1ccc(N2C(=O)C(=O)/C(=C(\O)c3cccc4ccccc34)C2c2ccccn2)cc1. The molecule has 1 fully saturated rings. The summed E-state index contributed by atoms with van der Waals surface area (Å²) in [6, 6.07) is 23.4. The molecular formula is C30H24N2O5. The van der Waals surface area contributed by atoms with Crippen molar-refractivity contribution >= 4 is 39.9 Å². The fourth-order valence-corrected chi connectivity index (χ4v) is 4.53. The minimum atomic E-state index is -0.964. The monoisotopic (exact) mass is 492 g/mol. The Morgan fingerprint density at radius 2 is 1.62 bits per heavy atom. The molecule has 0 spiro atoms. The summed E-state index contributed by atoms with van der Waals surface area (Å²) in [4.78, 5) is 44.8. The van der Waals surface area contributed by atoms with Gasteiger partial charge in [-0.25, -0.2) is 4.79 Å². The highest BCUT2D eigenvalue weighted by Crippen LogP contribution is 2.42. The molecule has 1 amide bonds. The zero-order valence-electron chi connectivity index (χ0n) is 20.3. The Kier molecular flexibility index (Phi) is 6.27. The van der Waals surface area contributed by atoms with Gasteiger partial charge in [0.2, 0.25) is 0 Å². The minimum Gasteiger partial charge on any atom is -0.507 e. The van der Waals surface area contributed by atoms with E-state index in [9.17, 15) is 19.5 Å². The number of nitrogens with zero attached hydrogens (tertiary/aromatic N) is 2. The van der Waals surface area contributed by atoms with E-state index >= 15 is 0 Å². The lowest BCUT2D eigenvalue weighted by Gasteiger charge is -2.24. The molecule has 1 N–H and O–H groups in total. The van der Waals surface area contributed by atoms with Gasteiger partial charge in [0, 0.05) is 17.4 Å². The van der Waals surface area contributed by atoms with Crippen molar-refractivity contribution in [2.45, 2.75) is 26.0 Å². The van der Waals surface area contributed by atoms with E-state index in [4.69, 9.17) is 4.74 Å². The van der Waals surface area contributed by atoms with E-state index in [0.717, 1.165) is 10.8 Å². The standard InChI is InChI=1S/C30H24N2O5/c1-18(2)37-30(36)20-13-15-21(16-14-20)32-26(24-12-5-6-17-31-24)25(28(34)29(32)35)27(33)23-11-7-9-19-8-3-4-10-22(19)23/h3-18,26,33H,1-2H3/b27-25-. The second kappa shape index (κ2) is 9.70. The maximum absolute atomic E-state index is 13.4. The Morgan fingerprint density at radius 3 is 2.32 bits per heavy atom. The molecule has 184 valence electrons. The van der Waals surface area contributed by atoms with E-state index in [1.54, 1.807) is 74.6 Å². The van der Waals surface area contributed by atoms with Crippen LogP contribution in [0.25, 0.3) is 16.5 Å². The first-order chi connectivity index (χ1) is 17.9. The summed E-state index contributed by atoms with van der Waals surface area (Å²) in [5.74, 6) is -2.37. The molecule has 7 nitrogen and oxygen atoms in total. The van der Waals surface area contributed by atoms with Crippen LogP contribution < -0.4 is 4.90 Å². The van der Waals surface area contributed by atoms with E-state index in [-0.39, 0.29) is 17.4 Å². The number of hydrogen-bond acceptors (Lipinski definition) is 6. The van der Waals surface area contributed by atoms with Crippen molar-refractivity contribution in [3.05, 3.63) is 114 Å². The molecule has 37 heavy (non-hydrogen) atoms.